The second-order valence-corrected chi connectivity index (χ2v) is 3.54. The van der Waals surface area contributed by atoms with Gasteiger partial charge in [0, 0.05) is 6.04 Å². The van der Waals surface area contributed by atoms with Crippen molar-refractivity contribution in [2.75, 3.05) is 7.05 Å². The summed E-state index contributed by atoms with van der Waals surface area (Å²) in [4.78, 5) is 0. The summed E-state index contributed by atoms with van der Waals surface area (Å²) in [5, 5.41) is 3.08. The van der Waals surface area contributed by atoms with E-state index in [4.69, 9.17) is 0 Å². The summed E-state index contributed by atoms with van der Waals surface area (Å²) in [6.07, 6.45) is 0. The second-order valence-electron chi connectivity index (χ2n) is 2.68. The molecule has 1 atom stereocenters. The van der Waals surface area contributed by atoms with E-state index in [1.807, 2.05) is 14.0 Å². The van der Waals surface area contributed by atoms with Gasteiger partial charge in [-0.05, 0) is 47.6 Å². The van der Waals surface area contributed by atoms with Crippen LogP contribution in [-0.2, 0) is 0 Å². The first-order valence-electron chi connectivity index (χ1n) is 3.77. The summed E-state index contributed by atoms with van der Waals surface area (Å²) in [7, 11) is 1.88. The van der Waals surface area contributed by atoms with Crippen LogP contribution >= 0.6 is 15.9 Å². The molecule has 0 saturated heterocycles. The molecule has 0 amide bonds. The summed E-state index contributed by atoms with van der Waals surface area (Å²) < 4.78 is 13.3. The third kappa shape index (κ3) is 2.05. The van der Waals surface area contributed by atoms with Crippen molar-refractivity contribution < 1.29 is 4.39 Å². The minimum absolute atomic E-state index is 0.220. The predicted molar refractivity (Wildman–Crippen MR) is 51.6 cm³/mol. The molecule has 0 bridgehead atoms. The lowest BCUT2D eigenvalue weighted by molar-refractivity contribution is 0.612. The molecule has 0 aromatic heterocycles. The maximum absolute atomic E-state index is 12.8. The highest BCUT2D eigenvalue weighted by Gasteiger charge is 2.04. The number of rotatable bonds is 2. The van der Waals surface area contributed by atoms with Crippen LogP contribution in [-0.4, -0.2) is 7.05 Å². The summed E-state index contributed by atoms with van der Waals surface area (Å²) in [6, 6.07) is 5.28. The first-order valence-corrected chi connectivity index (χ1v) is 4.56. The van der Waals surface area contributed by atoms with Crippen molar-refractivity contribution in [2.24, 2.45) is 0 Å². The van der Waals surface area contributed by atoms with Gasteiger partial charge in [0.15, 0.2) is 0 Å². The van der Waals surface area contributed by atoms with Gasteiger partial charge >= 0.3 is 0 Å². The normalized spacial score (nSPS) is 13.0. The molecule has 0 aliphatic carbocycles. The molecule has 3 heteroatoms. The van der Waals surface area contributed by atoms with E-state index in [0.717, 1.165) is 5.56 Å². The van der Waals surface area contributed by atoms with E-state index in [1.165, 1.54) is 6.07 Å². The van der Waals surface area contributed by atoms with Crippen LogP contribution in [0.3, 0.4) is 0 Å². The molecule has 1 nitrogen and oxygen atoms in total. The fraction of sp³-hybridized carbons (Fsp3) is 0.333. The van der Waals surface area contributed by atoms with Crippen LogP contribution in [0.2, 0.25) is 0 Å². The predicted octanol–water partition coefficient (Wildman–Crippen LogP) is 2.87. The van der Waals surface area contributed by atoms with E-state index >= 15 is 0 Å². The minimum atomic E-state index is -0.220. The third-order valence-electron chi connectivity index (χ3n) is 1.88. The molecule has 0 aliphatic heterocycles. The van der Waals surface area contributed by atoms with Gasteiger partial charge in [-0.2, -0.15) is 0 Å². The van der Waals surface area contributed by atoms with E-state index in [1.54, 1.807) is 12.1 Å². The molecular formula is C9H11BrFN. The van der Waals surface area contributed by atoms with E-state index in [0.29, 0.717) is 4.47 Å². The second kappa shape index (κ2) is 4.01. The summed E-state index contributed by atoms with van der Waals surface area (Å²) >= 11 is 3.14. The van der Waals surface area contributed by atoms with Gasteiger partial charge in [0.25, 0.3) is 0 Å². The number of hydrogen-bond acceptors (Lipinski definition) is 1. The monoisotopic (exact) mass is 231 g/mol. The zero-order chi connectivity index (χ0) is 9.14. The van der Waals surface area contributed by atoms with Crippen molar-refractivity contribution in [1.82, 2.24) is 5.32 Å². The molecule has 66 valence electrons. The average Bonchev–Trinajstić information content (AvgIpc) is 2.08. The molecule has 0 spiro atoms. The Balaban J connectivity index is 2.96. The van der Waals surface area contributed by atoms with E-state index in [-0.39, 0.29) is 11.9 Å². The van der Waals surface area contributed by atoms with Crippen LogP contribution in [0.5, 0.6) is 0 Å². The van der Waals surface area contributed by atoms with Crippen LogP contribution in [0, 0.1) is 5.82 Å². The fourth-order valence-electron chi connectivity index (χ4n) is 0.948. The van der Waals surface area contributed by atoms with Crippen LogP contribution in [0.4, 0.5) is 4.39 Å². The molecule has 0 fully saturated rings. The molecule has 0 unspecified atom stereocenters. The zero-order valence-electron chi connectivity index (χ0n) is 7.07. The molecular weight excluding hydrogens is 221 g/mol. The molecule has 1 rings (SSSR count). The third-order valence-corrected chi connectivity index (χ3v) is 2.48. The lowest BCUT2D eigenvalue weighted by atomic mass is 10.1. The van der Waals surface area contributed by atoms with E-state index in [2.05, 4.69) is 21.2 Å². The topological polar surface area (TPSA) is 12.0 Å². The molecule has 0 radical (unpaired) electrons. The fourth-order valence-corrected chi connectivity index (χ4v) is 1.34. The minimum Gasteiger partial charge on any atom is -0.313 e. The first-order chi connectivity index (χ1) is 5.65. The standard InChI is InChI=1S/C9H11BrFN/c1-6(12-2)7-3-4-9(11)8(10)5-7/h3-6,12H,1-2H3/t6-/m0/s1. The van der Waals surface area contributed by atoms with Crippen molar-refractivity contribution >= 4 is 15.9 Å². The SMILES string of the molecule is CN[C@@H](C)c1ccc(F)c(Br)c1. The van der Waals surface area contributed by atoms with E-state index < -0.39 is 0 Å². The van der Waals surface area contributed by atoms with Gasteiger partial charge in [-0.15, -0.1) is 0 Å². The Morgan fingerprint density at radius 2 is 2.17 bits per heavy atom. The maximum atomic E-state index is 12.8. The van der Waals surface area contributed by atoms with Crippen molar-refractivity contribution in [3.05, 3.63) is 34.1 Å². The number of halogens is 2. The Labute approximate surface area is 80.1 Å². The first kappa shape index (κ1) is 9.68. The smallest absolute Gasteiger partial charge is 0.137 e. The Morgan fingerprint density at radius 1 is 1.50 bits per heavy atom. The molecule has 1 N–H and O–H groups in total. The molecule has 1 aromatic carbocycles. The Morgan fingerprint density at radius 3 is 2.67 bits per heavy atom. The summed E-state index contributed by atoms with van der Waals surface area (Å²) in [6.45, 7) is 2.03. The van der Waals surface area contributed by atoms with Crippen LogP contribution < -0.4 is 5.32 Å². The molecule has 12 heavy (non-hydrogen) atoms. The maximum Gasteiger partial charge on any atom is 0.137 e. The highest BCUT2D eigenvalue weighted by atomic mass is 79.9. The summed E-state index contributed by atoms with van der Waals surface area (Å²) in [5.41, 5.74) is 1.07. The highest BCUT2D eigenvalue weighted by molar-refractivity contribution is 9.10. The molecule has 0 heterocycles. The number of nitrogens with one attached hydrogen (secondary N) is 1. The van der Waals surface area contributed by atoms with Gasteiger partial charge in [-0.3, -0.25) is 0 Å². The Hall–Kier alpha value is -0.410. The van der Waals surface area contributed by atoms with Crippen molar-refractivity contribution in [2.45, 2.75) is 13.0 Å². The Bertz CT molecular complexity index is 275. The highest BCUT2D eigenvalue weighted by Crippen LogP contribution is 2.20. The van der Waals surface area contributed by atoms with Crippen LogP contribution in [0.15, 0.2) is 22.7 Å². The van der Waals surface area contributed by atoms with Crippen LogP contribution in [0.1, 0.15) is 18.5 Å². The van der Waals surface area contributed by atoms with Crippen LogP contribution in [0.25, 0.3) is 0 Å². The largest absolute Gasteiger partial charge is 0.313 e. The number of hydrogen-bond donors (Lipinski definition) is 1. The van der Waals surface area contributed by atoms with Gasteiger partial charge in [-0.1, -0.05) is 6.07 Å². The van der Waals surface area contributed by atoms with Gasteiger partial charge in [0.2, 0.25) is 0 Å². The zero-order valence-corrected chi connectivity index (χ0v) is 8.65. The Kier molecular flexibility index (Phi) is 3.23. The van der Waals surface area contributed by atoms with E-state index in [9.17, 15) is 4.39 Å². The van der Waals surface area contributed by atoms with Crippen molar-refractivity contribution in [3.8, 4) is 0 Å². The quantitative estimate of drug-likeness (QED) is 0.826. The van der Waals surface area contributed by atoms with Gasteiger partial charge in [-0.25, -0.2) is 4.39 Å². The van der Waals surface area contributed by atoms with Gasteiger partial charge in [0.1, 0.15) is 5.82 Å². The van der Waals surface area contributed by atoms with Crippen molar-refractivity contribution in [1.29, 1.82) is 0 Å². The molecule has 0 saturated carbocycles. The molecule has 1 aromatic rings. The number of benzene rings is 1. The average molecular weight is 232 g/mol. The molecule has 0 aliphatic rings. The van der Waals surface area contributed by atoms with Gasteiger partial charge in [0.05, 0.1) is 4.47 Å². The lowest BCUT2D eigenvalue weighted by Crippen LogP contribution is -2.12. The van der Waals surface area contributed by atoms with Crippen molar-refractivity contribution in [3.63, 3.8) is 0 Å². The summed E-state index contributed by atoms with van der Waals surface area (Å²) in [5.74, 6) is -0.220. The van der Waals surface area contributed by atoms with Gasteiger partial charge < -0.3 is 5.32 Å². The lowest BCUT2D eigenvalue weighted by Gasteiger charge is -2.10.